The summed E-state index contributed by atoms with van der Waals surface area (Å²) >= 11 is 1.49. The smallest absolute Gasteiger partial charge is 0.282 e. The van der Waals surface area contributed by atoms with Crippen molar-refractivity contribution in [1.82, 2.24) is 0 Å². The average molecular weight is 386 g/mol. The summed E-state index contributed by atoms with van der Waals surface area (Å²) in [4.78, 5) is 31.2. The summed E-state index contributed by atoms with van der Waals surface area (Å²) in [6.07, 6.45) is 0.864. The minimum atomic E-state index is -0.251. The molecule has 0 atom stereocenters. The first kappa shape index (κ1) is 17.0. The zero-order valence-electron chi connectivity index (χ0n) is 15.4. The topological polar surface area (TPSA) is 40.6 Å². The Balaban J connectivity index is 1.69. The van der Waals surface area contributed by atoms with E-state index in [0.717, 1.165) is 22.5 Å². The van der Waals surface area contributed by atoms with Crippen LogP contribution in [-0.2, 0) is 16.0 Å². The van der Waals surface area contributed by atoms with E-state index < -0.39 is 0 Å². The Labute approximate surface area is 167 Å². The predicted octanol–water partition coefficient (Wildman–Crippen LogP) is 4.40. The van der Waals surface area contributed by atoms with Crippen LogP contribution in [0.2, 0.25) is 0 Å². The van der Waals surface area contributed by atoms with Crippen molar-refractivity contribution in [2.75, 3.05) is 16.3 Å². The van der Waals surface area contributed by atoms with Crippen molar-refractivity contribution in [2.24, 2.45) is 0 Å². The summed E-state index contributed by atoms with van der Waals surface area (Å²) in [5, 5.41) is 1.94. The number of hydrogen-bond donors (Lipinski definition) is 0. The van der Waals surface area contributed by atoms with E-state index >= 15 is 0 Å². The molecule has 3 aromatic rings. The number of aryl methyl sites for hydroxylation is 1. The summed E-state index contributed by atoms with van der Waals surface area (Å²) in [7, 11) is 0. The van der Waals surface area contributed by atoms with Crippen LogP contribution in [0.1, 0.15) is 16.0 Å². The monoisotopic (exact) mass is 386 g/mol. The third-order valence-electron chi connectivity index (χ3n) is 5.34. The maximum atomic E-state index is 13.6. The highest BCUT2D eigenvalue weighted by atomic mass is 32.1. The third kappa shape index (κ3) is 2.43. The molecule has 2 amide bonds. The highest BCUT2D eigenvalue weighted by Crippen LogP contribution is 2.41. The molecule has 2 aliphatic rings. The van der Waals surface area contributed by atoms with Gasteiger partial charge in [-0.05, 0) is 48.1 Å². The summed E-state index contributed by atoms with van der Waals surface area (Å²) < 4.78 is 0. The molecule has 3 heterocycles. The van der Waals surface area contributed by atoms with Crippen molar-refractivity contribution in [2.45, 2.75) is 13.3 Å². The van der Waals surface area contributed by atoms with Gasteiger partial charge in [-0.1, -0.05) is 42.5 Å². The molecule has 28 heavy (non-hydrogen) atoms. The maximum absolute atomic E-state index is 13.6. The molecule has 138 valence electrons. The second kappa shape index (κ2) is 6.46. The molecule has 0 spiro atoms. The number of rotatable bonds is 3. The van der Waals surface area contributed by atoms with Crippen molar-refractivity contribution < 1.29 is 9.59 Å². The maximum Gasteiger partial charge on any atom is 0.282 e. The van der Waals surface area contributed by atoms with Crippen LogP contribution in [0.4, 0.5) is 11.4 Å². The fraction of sp³-hybridized carbons (Fsp3) is 0.130. The zero-order valence-corrected chi connectivity index (χ0v) is 16.2. The molecule has 0 aliphatic carbocycles. The van der Waals surface area contributed by atoms with Gasteiger partial charge >= 0.3 is 0 Å². The summed E-state index contributed by atoms with van der Waals surface area (Å²) in [5.41, 5.74) is 4.75. The van der Waals surface area contributed by atoms with Gasteiger partial charge in [0.25, 0.3) is 11.8 Å². The SMILES string of the molecule is Cc1ccccc1N1C(=O)C(c2cccs2)=C(N2CCc3ccccc32)C1=O. The quantitative estimate of drug-likeness (QED) is 0.627. The van der Waals surface area contributed by atoms with E-state index in [9.17, 15) is 9.59 Å². The Morgan fingerprint density at radius 3 is 2.36 bits per heavy atom. The van der Waals surface area contributed by atoms with E-state index in [4.69, 9.17) is 0 Å². The van der Waals surface area contributed by atoms with Gasteiger partial charge in [0, 0.05) is 17.1 Å². The molecule has 4 nitrogen and oxygen atoms in total. The fourth-order valence-electron chi connectivity index (χ4n) is 4.02. The van der Waals surface area contributed by atoms with E-state index in [-0.39, 0.29) is 11.8 Å². The van der Waals surface area contributed by atoms with Gasteiger partial charge in [0.1, 0.15) is 5.70 Å². The average Bonchev–Trinajstić information content (AvgIpc) is 3.41. The largest absolute Gasteiger partial charge is 0.336 e. The third-order valence-corrected chi connectivity index (χ3v) is 6.23. The van der Waals surface area contributed by atoms with E-state index in [1.807, 2.05) is 71.8 Å². The first-order valence-electron chi connectivity index (χ1n) is 9.25. The number of para-hydroxylation sites is 2. The molecule has 0 fully saturated rings. The van der Waals surface area contributed by atoms with E-state index in [2.05, 4.69) is 6.07 Å². The molecule has 2 aromatic carbocycles. The first-order chi connectivity index (χ1) is 13.7. The van der Waals surface area contributed by atoms with Crippen molar-refractivity contribution in [3.05, 3.63) is 87.7 Å². The predicted molar refractivity (Wildman–Crippen MR) is 112 cm³/mol. The van der Waals surface area contributed by atoms with Gasteiger partial charge in [-0.2, -0.15) is 0 Å². The fourth-order valence-corrected chi connectivity index (χ4v) is 4.78. The van der Waals surface area contributed by atoms with Gasteiger partial charge in [0.05, 0.1) is 11.3 Å². The van der Waals surface area contributed by atoms with E-state index in [1.54, 1.807) is 0 Å². The molecule has 0 N–H and O–H groups in total. The minimum Gasteiger partial charge on any atom is -0.336 e. The molecular weight excluding hydrogens is 368 g/mol. The number of nitrogens with zero attached hydrogens (tertiary/aromatic N) is 2. The van der Waals surface area contributed by atoms with Crippen LogP contribution in [0.25, 0.3) is 5.57 Å². The summed E-state index contributed by atoms with van der Waals surface area (Å²) in [5.74, 6) is -0.500. The van der Waals surface area contributed by atoms with Crippen LogP contribution in [0.15, 0.2) is 71.7 Å². The lowest BCUT2D eigenvalue weighted by Crippen LogP contribution is -2.35. The summed E-state index contributed by atoms with van der Waals surface area (Å²) in [6, 6.07) is 19.4. The number of hydrogen-bond acceptors (Lipinski definition) is 4. The minimum absolute atomic E-state index is 0.249. The van der Waals surface area contributed by atoms with Crippen LogP contribution >= 0.6 is 11.3 Å². The second-order valence-electron chi connectivity index (χ2n) is 6.96. The Morgan fingerprint density at radius 1 is 0.857 bits per heavy atom. The number of fused-ring (bicyclic) bond motifs is 1. The van der Waals surface area contributed by atoms with Crippen molar-refractivity contribution in [3.8, 4) is 0 Å². The van der Waals surface area contributed by atoms with Crippen molar-refractivity contribution >= 4 is 40.1 Å². The van der Waals surface area contributed by atoms with Crippen LogP contribution in [0, 0.1) is 6.92 Å². The Bertz CT molecular complexity index is 1130. The van der Waals surface area contributed by atoms with Crippen molar-refractivity contribution in [1.29, 1.82) is 0 Å². The normalized spacial score (nSPS) is 16.3. The van der Waals surface area contributed by atoms with Crippen LogP contribution in [-0.4, -0.2) is 18.4 Å². The molecule has 0 bridgehead atoms. The number of carbonyl (C=O) groups excluding carboxylic acids is 2. The lowest BCUT2D eigenvalue weighted by molar-refractivity contribution is -0.120. The second-order valence-corrected chi connectivity index (χ2v) is 7.91. The summed E-state index contributed by atoms with van der Waals surface area (Å²) in [6.45, 7) is 2.62. The van der Waals surface area contributed by atoms with Gasteiger partial charge < -0.3 is 4.90 Å². The van der Waals surface area contributed by atoms with Gasteiger partial charge in [0.15, 0.2) is 0 Å². The molecular formula is C23H18N2O2S. The van der Waals surface area contributed by atoms with Crippen LogP contribution in [0.5, 0.6) is 0 Å². The highest BCUT2D eigenvalue weighted by Gasteiger charge is 2.44. The van der Waals surface area contributed by atoms with Crippen LogP contribution < -0.4 is 9.80 Å². The van der Waals surface area contributed by atoms with Crippen LogP contribution in [0.3, 0.4) is 0 Å². The van der Waals surface area contributed by atoms with Crippen molar-refractivity contribution in [3.63, 3.8) is 0 Å². The van der Waals surface area contributed by atoms with Gasteiger partial charge in [0.2, 0.25) is 0 Å². The Kier molecular flexibility index (Phi) is 3.91. The molecule has 1 aromatic heterocycles. The van der Waals surface area contributed by atoms with Gasteiger partial charge in [-0.3, -0.25) is 9.59 Å². The molecule has 2 aliphatic heterocycles. The first-order valence-corrected chi connectivity index (χ1v) is 10.1. The number of imide groups is 1. The number of benzene rings is 2. The molecule has 0 saturated heterocycles. The standard InChI is InChI=1S/C23H18N2O2S/c1-15-7-2-4-9-17(15)25-22(26)20(19-11-6-14-28-19)21(23(25)27)24-13-12-16-8-3-5-10-18(16)24/h2-11,14H,12-13H2,1H3. The molecule has 0 unspecified atom stereocenters. The van der Waals surface area contributed by atoms with E-state index in [0.29, 0.717) is 23.5 Å². The number of carbonyl (C=O) groups is 2. The van der Waals surface area contributed by atoms with Gasteiger partial charge in [-0.15, -0.1) is 11.3 Å². The Morgan fingerprint density at radius 2 is 1.61 bits per heavy atom. The number of thiophene rings is 1. The molecule has 0 radical (unpaired) electrons. The molecule has 0 saturated carbocycles. The molecule has 5 rings (SSSR count). The Hall–Kier alpha value is -3.18. The lowest BCUT2D eigenvalue weighted by atomic mass is 10.1. The van der Waals surface area contributed by atoms with E-state index in [1.165, 1.54) is 21.8 Å². The number of anilines is 2. The molecule has 5 heteroatoms. The lowest BCUT2D eigenvalue weighted by Gasteiger charge is -2.22. The zero-order chi connectivity index (χ0) is 19.3. The number of amides is 2. The highest BCUT2D eigenvalue weighted by molar-refractivity contribution is 7.11. The van der Waals surface area contributed by atoms with Gasteiger partial charge in [-0.25, -0.2) is 4.90 Å².